The molecule has 114 valence electrons. The molecule has 1 aliphatic carbocycles. The highest BCUT2D eigenvalue weighted by Gasteiger charge is 2.53. The first kappa shape index (κ1) is 16.1. The number of methoxy groups -OCH3 is 1. The molecule has 0 aromatic rings. The quantitative estimate of drug-likeness (QED) is 0.579. The second-order valence-electron chi connectivity index (χ2n) is 6.53. The van der Waals surface area contributed by atoms with Crippen molar-refractivity contribution in [1.29, 1.82) is 0 Å². The van der Waals surface area contributed by atoms with E-state index in [1.807, 2.05) is 58.9 Å². The third-order valence-corrected chi connectivity index (χ3v) is 4.34. The molecular formula is C16H23BO4. The SMILES string of the molecule is COC(=O)C1=CC(C)C=CC=C1B1OC(C)(C)C(C)(C)O1. The Balaban J connectivity index is 2.37. The number of esters is 1. The van der Waals surface area contributed by atoms with Crippen molar-refractivity contribution in [3.05, 3.63) is 35.3 Å². The van der Waals surface area contributed by atoms with Gasteiger partial charge in [-0.25, -0.2) is 4.79 Å². The van der Waals surface area contributed by atoms with E-state index < -0.39 is 18.3 Å². The third kappa shape index (κ3) is 2.99. The number of hydrogen-bond acceptors (Lipinski definition) is 4. The Labute approximate surface area is 127 Å². The average molecular weight is 290 g/mol. The van der Waals surface area contributed by atoms with Gasteiger partial charge in [0.05, 0.1) is 23.9 Å². The van der Waals surface area contributed by atoms with E-state index in [1.54, 1.807) is 0 Å². The van der Waals surface area contributed by atoms with Gasteiger partial charge >= 0.3 is 13.1 Å². The highest BCUT2D eigenvalue weighted by molar-refractivity contribution is 6.57. The monoisotopic (exact) mass is 290 g/mol. The zero-order valence-electron chi connectivity index (χ0n) is 13.6. The van der Waals surface area contributed by atoms with Crippen LogP contribution in [0, 0.1) is 5.92 Å². The second kappa shape index (κ2) is 5.46. The Morgan fingerprint density at radius 2 is 1.81 bits per heavy atom. The molecule has 0 radical (unpaired) electrons. The molecule has 1 atom stereocenters. The molecule has 1 unspecified atom stereocenters. The van der Waals surface area contributed by atoms with Crippen molar-refractivity contribution in [2.75, 3.05) is 7.11 Å². The van der Waals surface area contributed by atoms with Gasteiger partial charge in [0.25, 0.3) is 0 Å². The van der Waals surface area contributed by atoms with Crippen LogP contribution in [0.2, 0.25) is 0 Å². The molecule has 4 nitrogen and oxygen atoms in total. The van der Waals surface area contributed by atoms with Crippen molar-refractivity contribution in [2.24, 2.45) is 5.92 Å². The number of ether oxygens (including phenoxy) is 1. The first-order chi connectivity index (χ1) is 9.68. The van der Waals surface area contributed by atoms with Gasteiger partial charge in [-0.1, -0.05) is 31.2 Å². The lowest BCUT2D eigenvalue weighted by molar-refractivity contribution is -0.135. The summed E-state index contributed by atoms with van der Waals surface area (Å²) in [4.78, 5) is 12.1. The van der Waals surface area contributed by atoms with Crippen molar-refractivity contribution in [2.45, 2.75) is 45.8 Å². The predicted octanol–water partition coefficient (Wildman–Crippen LogP) is 2.85. The number of rotatable bonds is 2. The highest BCUT2D eigenvalue weighted by atomic mass is 16.7. The molecular weight excluding hydrogens is 267 g/mol. The Morgan fingerprint density at radius 3 is 2.33 bits per heavy atom. The Hall–Kier alpha value is -1.33. The van der Waals surface area contributed by atoms with Gasteiger partial charge in [0.2, 0.25) is 0 Å². The van der Waals surface area contributed by atoms with Gasteiger partial charge in [0, 0.05) is 0 Å². The van der Waals surface area contributed by atoms with Gasteiger partial charge in [-0.05, 0) is 39.1 Å². The van der Waals surface area contributed by atoms with Crippen LogP contribution in [0.15, 0.2) is 35.3 Å². The van der Waals surface area contributed by atoms with E-state index in [2.05, 4.69) is 0 Å². The number of carbonyl (C=O) groups excluding carboxylic acids is 1. The zero-order valence-corrected chi connectivity index (χ0v) is 13.6. The summed E-state index contributed by atoms with van der Waals surface area (Å²) in [6.45, 7) is 9.98. The fraction of sp³-hybridized carbons (Fsp3) is 0.562. The third-order valence-electron chi connectivity index (χ3n) is 4.34. The molecule has 5 heteroatoms. The first-order valence-electron chi connectivity index (χ1n) is 7.22. The molecule has 21 heavy (non-hydrogen) atoms. The van der Waals surface area contributed by atoms with Crippen LogP contribution in [-0.4, -0.2) is 31.4 Å². The van der Waals surface area contributed by atoms with Gasteiger partial charge in [0.1, 0.15) is 0 Å². The molecule has 0 spiro atoms. The van der Waals surface area contributed by atoms with Crippen molar-refractivity contribution in [3.8, 4) is 0 Å². The largest absolute Gasteiger partial charge is 0.495 e. The second-order valence-corrected chi connectivity index (χ2v) is 6.53. The average Bonchev–Trinajstić information content (AvgIpc) is 2.54. The maximum atomic E-state index is 12.1. The molecule has 1 fully saturated rings. The van der Waals surface area contributed by atoms with Gasteiger partial charge in [-0.3, -0.25) is 0 Å². The molecule has 0 aromatic heterocycles. The lowest BCUT2D eigenvalue weighted by Crippen LogP contribution is -2.41. The zero-order chi connectivity index (χ0) is 15.8. The minimum atomic E-state index is -0.574. The van der Waals surface area contributed by atoms with Crippen LogP contribution in [0.3, 0.4) is 0 Å². The minimum Gasteiger partial charge on any atom is -0.465 e. The maximum Gasteiger partial charge on any atom is 0.495 e. The van der Waals surface area contributed by atoms with E-state index in [0.717, 1.165) is 0 Å². The van der Waals surface area contributed by atoms with Crippen LogP contribution in [0.5, 0.6) is 0 Å². The van der Waals surface area contributed by atoms with Gasteiger partial charge in [-0.15, -0.1) is 0 Å². The molecule has 2 rings (SSSR count). The van der Waals surface area contributed by atoms with Gasteiger partial charge in [0.15, 0.2) is 0 Å². The van der Waals surface area contributed by atoms with E-state index in [0.29, 0.717) is 11.0 Å². The molecule has 1 saturated heterocycles. The standard InChI is InChI=1S/C16H23BO4/c1-11-8-7-9-13(12(10-11)14(18)19-6)17-20-15(2,3)16(4,5)21-17/h7-11H,1-6H3. The Morgan fingerprint density at radius 1 is 1.24 bits per heavy atom. The van der Waals surface area contributed by atoms with Crippen molar-refractivity contribution < 1.29 is 18.8 Å². The Bertz CT molecular complexity index is 512. The van der Waals surface area contributed by atoms with E-state index in [9.17, 15) is 4.79 Å². The van der Waals surface area contributed by atoms with Crippen LogP contribution in [-0.2, 0) is 18.8 Å². The first-order valence-corrected chi connectivity index (χ1v) is 7.22. The minimum absolute atomic E-state index is 0.148. The van der Waals surface area contributed by atoms with E-state index >= 15 is 0 Å². The van der Waals surface area contributed by atoms with E-state index in [-0.39, 0.29) is 11.9 Å². The normalized spacial score (nSPS) is 27.0. The summed E-state index contributed by atoms with van der Waals surface area (Å²) < 4.78 is 17.0. The molecule has 0 saturated carbocycles. The smallest absolute Gasteiger partial charge is 0.465 e. The van der Waals surface area contributed by atoms with Gasteiger partial charge in [-0.2, -0.15) is 0 Å². The maximum absolute atomic E-state index is 12.1. The van der Waals surface area contributed by atoms with Crippen LogP contribution in [0.25, 0.3) is 0 Å². The fourth-order valence-corrected chi connectivity index (χ4v) is 2.31. The lowest BCUT2D eigenvalue weighted by Gasteiger charge is -2.32. The van der Waals surface area contributed by atoms with Crippen molar-refractivity contribution in [1.82, 2.24) is 0 Å². The molecule has 0 aromatic carbocycles. The fourth-order valence-electron chi connectivity index (χ4n) is 2.31. The molecule has 0 bridgehead atoms. The Kier molecular flexibility index (Phi) is 4.18. The lowest BCUT2D eigenvalue weighted by atomic mass is 9.73. The van der Waals surface area contributed by atoms with Crippen LogP contribution < -0.4 is 0 Å². The molecule has 0 amide bonds. The predicted molar refractivity (Wildman–Crippen MR) is 82.6 cm³/mol. The van der Waals surface area contributed by atoms with E-state index in [1.165, 1.54) is 7.11 Å². The van der Waals surface area contributed by atoms with Gasteiger partial charge < -0.3 is 14.0 Å². The summed E-state index contributed by atoms with van der Waals surface area (Å²) in [6, 6.07) is 0. The van der Waals surface area contributed by atoms with Crippen molar-refractivity contribution in [3.63, 3.8) is 0 Å². The van der Waals surface area contributed by atoms with Crippen molar-refractivity contribution >= 4 is 13.1 Å². The van der Waals surface area contributed by atoms with Crippen LogP contribution in [0.4, 0.5) is 0 Å². The summed E-state index contributed by atoms with van der Waals surface area (Å²) in [5, 5.41) is 0. The van der Waals surface area contributed by atoms with Crippen LogP contribution in [0.1, 0.15) is 34.6 Å². The number of hydrogen-bond donors (Lipinski definition) is 0. The molecule has 1 heterocycles. The summed E-state index contributed by atoms with van der Waals surface area (Å²) >= 11 is 0. The summed E-state index contributed by atoms with van der Waals surface area (Å²) in [6.07, 6.45) is 7.69. The summed E-state index contributed by atoms with van der Waals surface area (Å²) in [7, 11) is 0.809. The number of allylic oxidation sites excluding steroid dienone is 4. The molecule has 1 aliphatic heterocycles. The summed E-state index contributed by atoms with van der Waals surface area (Å²) in [5.74, 6) is -0.221. The highest BCUT2D eigenvalue weighted by Crippen LogP contribution is 2.40. The molecule has 0 N–H and O–H groups in total. The van der Waals surface area contributed by atoms with E-state index in [4.69, 9.17) is 14.0 Å². The topological polar surface area (TPSA) is 44.8 Å². The summed E-state index contributed by atoms with van der Waals surface area (Å²) in [5.41, 5.74) is 0.331. The van der Waals surface area contributed by atoms with Crippen LogP contribution >= 0.6 is 0 Å². The number of carbonyl (C=O) groups is 1. The molecule has 2 aliphatic rings.